The van der Waals surface area contributed by atoms with Gasteiger partial charge in [0.15, 0.2) is 0 Å². The van der Waals surface area contributed by atoms with E-state index in [1.165, 1.54) is 0 Å². The molecule has 0 aliphatic carbocycles. The van der Waals surface area contributed by atoms with E-state index >= 15 is 0 Å². The van der Waals surface area contributed by atoms with Crippen LogP contribution >= 0.6 is 0 Å². The van der Waals surface area contributed by atoms with E-state index in [0.29, 0.717) is 18.7 Å². The van der Waals surface area contributed by atoms with Gasteiger partial charge in [0.05, 0.1) is 26.3 Å². The maximum Gasteiger partial charge on any atom is 0.224 e. The standard InChI is InChI=1S/C17H22N2O4/c1-11-15(12(2)23-19-11)10-17(20)18-8-7-13-9-14(21-3)5-6-16(13)22-4/h5-6,9H,7-8,10H2,1-4H3,(H,18,20). The lowest BCUT2D eigenvalue weighted by Crippen LogP contribution is -2.27. The minimum atomic E-state index is -0.0544. The van der Waals surface area contributed by atoms with Gasteiger partial charge in [-0.05, 0) is 44.0 Å². The number of hydrogen-bond donors (Lipinski definition) is 1. The van der Waals surface area contributed by atoms with Crippen molar-refractivity contribution >= 4 is 5.91 Å². The Morgan fingerprint density at radius 3 is 2.65 bits per heavy atom. The zero-order valence-electron chi connectivity index (χ0n) is 13.9. The number of aromatic nitrogens is 1. The second kappa shape index (κ2) is 7.67. The van der Waals surface area contributed by atoms with Crippen LogP contribution in [0.2, 0.25) is 0 Å². The van der Waals surface area contributed by atoms with Gasteiger partial charge in [-0.1, -0.05) is 5.16 Å². The van der Waals surface area contributed by atoms with E-state index in [1.807, 2.05) is 32.0 Å². The fourth-order valence-corrected chi connectivity index (χ4v) is 2.39. The van der Waals surface area contributed by atoms with Crippen LogP contribution in [0.1, 0.15) is 22.6 Å². The van der Waals surface area contributed by atoms with Crippen LogP contribution in [0.5, 0.6) is 11.5 Å². The van der Waals surface area contributed by atoms with Gasteiger partial charge in [-0.3, -0.25) is 4.79 Å². The largest absolute Gasteiger partial charge is 0.497 e. The molecule has 2 rings (SSSR count). The van der Waals surface area contributed by atoms with Crippen molar-refractivity contribution in [1.29, 1.82) is 0 Å². The van der Waals surface area contributed by atoms with Gasteiger partial charge in [-0.25, -0.2) is 0 Å². The molecule has 23 heavy (non-hydrogen) atoms. The summed E-state index contributed by atoms with van der Waals surface area (Å²) in [7, 11) is 3.25. The number of methoxy groups -OCH3 is 2. The zero-order valence-corrected chi connectivity index (χ0v) is 13.9. The second-order valence-corrected chi connectivity index (χ2v) is 5.26. The Labute approximate surface area is 135 Å². The van der Waals surface area contributed by atoms with E-state index in [1.54, 1.807) is 14.2 Å². The Hall–Kier alpha value is -2.50. The Kier molecular flexibility index (Phi) is 5.62. The van der Waals surface area contributed by atoms with Crippen LogP contribution in [0.15, 0.2) is 22.7 Å². The first-order chi connectivity index (χ1) is 11.0. The zero-order chi connectivity index (χ0) is 16.8. The maximum absolute atomic E-state index is 12.0. The molecule has 0 fully saturated rings. The molecule has 1 N–H and O–H groups in total. The van der Waals surface area contributed by atoms with Crippen molar-refractivity contribution in [1.82, 2.24) is 10.5 Å². The number of carbonyl (C=O) groups excluding carboxylic acids is 1. The van der Waals surface area contributed by atoms with E-state index in [9.17, 15) is 4.79 Å². The van der Waals surface area contributed by atoms with Crippen molar-refractivity contribution in [3.63, 3.8) is 0 Å². The maximum atomic E-state index is 12.0. The Morgan fingerprint density at radius 1 is 1.26 bits per heavy atom. The van der Waals surface area contributed by atoms with E-state index in [4.69, 9.17) is 14.0 Å². The van der Waals surface area contributed by atoms with Crippen LogP contribution in [0, 0.1) is 13.8 Å². The summed E-state index contributed by atoms with van der Waals surface area (Å²) in [6.07, 6.45) is 0.935. The number of benzene rings is 1. The molecule has 1 aromatic heterocycles. The van der Waals surface area contributed by atoms with Gasteiger partial charge < -0.3 is 19.3 Å². The number of hydrogen-bond acceptors (Lipinski definition) is 5. The second-order valence-electron chi connectivity index (χ2n) is 5.26. The first-order valence-corrected chi connectivity index (χ1v) is 7.44. The van der Waals surface area contributed by atoms with Gasteiger partial charge in [0, 0.05) is 12.1 Å². The van der Waals surface area contributed by atoms with Crippen LogP contribution < -0.4 is 14.8 Å². The molecular formula is C17H22N2O4. The lowest BCUT2D eigenvalue weighted by Gasteiger charge is -2.11. The molecule has 2 aromatic rings. The van der Waals surface area contributed by atoms with Gasteiger partial charge >= 0.3 is 0 Å². The summed E-state index contributed by atoms with van der Waals surface area (Å²) in [5, 5.41) is 6.76. The summed E-state index contributed by atoms with van der Waals surface area (Å²) in [5.41, 5.74) is 2.60. The molecule has 124 valence electrons. The summed E-state index contributed by atoms with van der Waals surface area (Å²) < 4.78 is 15.6. The summed E-state index contributed by atoms with van der Waals surface area (Å²) in [4.78, 5) is 12.0. The SMILES string of the molecule is COc1ccc(OC)c(CCNC(=O)Cc2c(C)noc2C)c1. The van der Waals surface area contributed by atoms with Gasteiger partial charge in [0.1, 0.15) is 17.3 Å². The van der Waals surface area contributed by atoms with Gasteiger partial charge in [-0.15, -0.1) is 0 Å². The third kappa shape index (κ3) is 4.25. The molecule has 0 saturated carbocycles. The summed E-state index contributed by atoms with van der Waals surface area (Å²) in [6.45, 7) is 4.16. The highest BCUT2D eigenvalue weighted by atomic mass is 16.5. The molecule has 6 nitrogen and oxygen atoms in total. The van der Waals surface area contributed by atoms with Gasteiger partial charge in [-0.2, -0.15) is 0 Å². The smallest absolute Gasteiger partial charge is 0.224 e. The fourth-order valence-electron chi connectivity index (χ4n) is 2.39. The quantitative estimate of drug-likeness (QED) is 0.847. The fraction of sp³-hybridized carbons (Fsp3) is 0.412. The average Bonchev–Trinajstić information content (AvgIpc) is 2.86. The van der Waals surface area contributed by atoms with Crippen LogP contribution in [-0.2, 0) is 17.6 Å². The molecule has 0 saturated heterocycles. The minimum Gasteiger partial charge on any atom is -0.497 e. The van der Waals surface area contributed by atoms with E-state index in [-0.39, 0.29) is 12.3 Å². The summed E-state index contributed by atoms with van der Waals surface area (Å²) in [5.74, 6) is 2.18. The van der Waals surface area contributed by atoms with Crippen molar-refractivity contribution in [3.05, 3.63) is 40.8 Å². The molecule has 0 aliphatic rings. The minimum absolute atomic E-state index is 0.0544. The highest BCUT2D eigenvalue weighted by Crippen LogP contribution is 2.24. The van der Waals surface area contributed by atoms with E-state index in [2.05, 4.69) is 10.5 Å². The molecule has 1 aromatic carbocycles. The van der Waals surface area contributed by atoms with Crippen LogP contribution in [0.4, 0.5) is 0 Å². The number of nitrogens with zero attached hydrogens (tertiary/aromatic N) is 1. The van der Waals surface area contributed by atoms with Crippen molar-refractivity contribution in [2.24, 2.45) is 0 Å². The van der Waals surface area contributed by atoms with Crippen LogP contribution in [0.3, 0.4) is 0 Å². The number of ether oxygens (including phenoxy) is 2. The lowest BCUT2D eigenvalue weighted by molar-refractivity contribution is -0.120. The highest BCUT2D eigenvalue weighted by Gasteiger charge is 2.13. The van der Waals surface area contributed by atoms with Gasteiger partial charge in [0.25, 0.3) is 0 Å². The van der Waals surface area contributed by atoms with E-state index < -0.39 is 0 Å². The number of carbonyl (C=O) groups is 1. The molecule has 0 atom stereocenters. The van der Waals surface area contributed by atoms with Crippen LogP contribution in [-0.4, -0.2) is 31.8 Å². The molecule has 0 unspecified atom stereocenters. The summed E-state index contributed by atoms with van der Waals surface area (Å²) >= 11 is 0. The first kappa shape index (κ1) is 16.9. The highest BCUT2D eigenvalue weighted by molar-refractivity contribution is 5.79. The average molecular weight is 318 g/mol. The molecular weight excluding hydrogens is 296 g/mol. The molecule has 0 bridgehead atoms. The van der Waals surface area contributed by atoms with Crippen molar-refractivity contribution in [2.75, 3.05) is 20.8 Å². The molecule has 1 amide bonds. The molecule has 0 radical (unpaired) electrons. The van der Waals surface area contributed by atoms with Crippen molar-refractivity contribution in [3.8, 4) is 11.5 Å². The number of amides is 1. The predicted octanol–water partition coefficient (Wildman–Crippen LogP) is 2.21. The topological polar surface area (TPSA) is 73.6 Å². The van der Waals surface area contributed by atoms with Crippen molar-refractivity contribution < 1.29 is 18.8 Å². The Balaban J connectivity index is 1.91. The Bertz CT molecular complexity index is 660. The lowest BCUT2D eigenvalue weighted by atomic mass is 10.1. The number of nitrogens with one attached hydrogen (secondary N) is 1. The van der Waals surface area contributed by atoms with E-state index in [0.717, 1.165) is 28.3 Å². The molecule has 0 aliphatic heterocycles. The third-order valence-electron chi connectivity index (χ3n) is 3.72. The van der Waals surface area contributed by atoms with Crippen molar-refractivity contribution in [2.45, 2.75) is 26.7 Å². The molecule has 6 heteroatoms. The first-order valence-electron chi connectivity index (χ1n) is 7.44. The summed E-state index contributed by atoms with van der Waals surface area (Å²) in [6, 6.07) is 5.62. The van der Waals surface area contributed by atoms with Crippen LogP contribution in [0.25, 0.3) is 0 Å². The number of rotatable bonds is 7. The monoisotopic (exact) mass is 318 g/mol. The molecule has 1 heterocycles. The Morgan fingerprint density at radius 2 is 2.04 bits per heavy atom. The normalized spacial score (nSPS) is 10.4. The number of aryl methyl sites for hydroxylation is 2. The molecule has 0 spiro atoms. The predicted molar refractivity (Wildman–Crippen MR) is 85.9 cm³/mol. The van der Waals surface area contributed by atoms with Gasteiger partial charge in [0.2, 0.25) is 5.91 Å². The third-order valence-corrected chi connectivity index (χ3v) is 3.72.